The first kappa shape index (κ1) is 15.6. The molecule has 0 atom stereocenters. The summed E-state index contributed by atoms with van der Waals surface area (Å²) in [5.41, 5.74) is 7.19. The van der Waals surface area contributed by atoms with E-state index >= 15 is 0 Å². The van der Waals surface area contributed by atoms with Gasteiger partial charge in [-0.15, -0.1) is 0 Å². The maximum absolute atomic E-state index is 13.1. The lowest BCUT2D eigenvalue weighted by Gasteiger charge is -2.31. The van der Waals surface area contributed by atoms with Gasteiger partial charge in [-0.3, -0.25) is 0 Å². The molecule has 1 aromatic carbocycles. The number of nitrogens with two attached hydrogens (primary N) is 1. The number of hydrogen-bond donors (Lipinski definition) is 1. The van der Waals surface area contributed by atoms with Gasteiger partial charge in [0.05, 0.1) is 5.69 Å². The van der Waals surface area contributed by atoms with Gasteiger partial charge in [0.2, 0.25) is 10.0 Å². The molecular weight excluding hydrogens is 298 g/mol. The monoisotopic (exact) mass is 323 g/mol. The second-order valence-electron chi connectivity index (χ2n) is 6.51. The van der Waals surface area contributed by atoms with E-state index in [4.69, 9.17) is 5.73 Å². The smallest absolute Gasteiger partial charge is 0.245 e. The molecule has 2 N–H and O–H groups in total. The lowest BCUT2D eigenvalue weighted by Crippen LogP contribution is -2.38. The largest absolute Gasteiger partial charge is 0.399 e. The third kappa shape index (κ3) is 2.94. The molecule has 0 spiro atoms. The van der Waals surface area contributed by atoms with Crippen LogP contribution in [0.25, 0.3) is 0 Å². The van der Waals surface area contributed by atoms with Crippen molar-refractivity contribution in [2.24, 2.45) is 5.92 Å². The molecule has 5 nitrogen and oxygen atoms in total. The first-order valence-electron chi connectivity index (χ1n) is 8.13. The van der Waals surface area contributed by atoms with Crippen molar-refractivity contribution in [1.82, 2.24) is 4.31 Å². The second kappa shape index (κ2) is 6.08. The summed E-state index contributed by atoms with van der Waals surface area (Å²) >= 11 is 0. The van der Waals surface area contributed by atoms with E-state index in [0.717, 1.165) is 44.5 Å². The highest BCUT2D eigenvalue weighted by molar-refractivity contribution is 7.89. The molecule has 2 aliphatic rings. The van der Waals surface area contributed by atoms with Crippen molar-refractivity contribution in [1.29, 1.82) is 0 Å². The van der Waals surface area contributed by atoms with Crippen LogP contribution in [-0.4, -0.2) is 38.9 Å². The summed E-state index contributed by atoms with van der Waals surface area (Å²) in [7, 11) is -3.46. The molecule has 122 valence electrons. The fourth-order valence-electron chi connectivity index (χ4n) is 3.32. The average Bonchev–Trinajstić information content (AvgIpc) is 3.02. The lowest BCUT2D eigenvalue weighted by molar-refractivity contribution is 0.288. The summed E-state index contributed by atoms with van der Waals surface area (Å²) in [6.45, 7) is 5.24. The summed E-state index contributed by atoms with van der Waals surface area (Å²) < 4.78 is 27.8. The normalized spacial score (nSPS) is 21.4. The topological polar surface area (TPSA) is 66.6 Å². The van der Waals surface area contributed by atoms with E-state index in [1.807, 2.05) is 6.07 Å². The highest BCUT2D eigenvalue weighted by Crippen LogP contribution is 2.33. The summed E-state index contributed by atoms with van der Waals surface area (Å²) in [5, 5.41) is 0. The van der Waals surface area contributed by atoms with E-state index in [0.29, 0.717) is 29.6 Å². The highest BCUT2D eigenvalue weighted by atomic mass is 32.2. The van der Waals surface area contributed by atoms with Crippen LogP contribution in [0, 0.1) is 5.92 Å². The zero-order chi connectivity index (χ0) is 15.7. The van der Waals surface area contributed by atoms with E-state index in [1.54, 1.807) is 16.4 Å². The van der Waals surface area contributed by atoms with Gasteiger partial charge >= 0.3 is 0 Å². The van der Waals surface area contributed by atoms with E-state index < -0.39 is 10.0 Å². The molecule has 1 aromatic rings. The molecule has 2 fully saturated rings. The quantitative estimate of drug-likeness (QED) is 0.867. The molecule has 3 rings (SSSR count). The van der Waals surface area contributed by atoms with Gasteiger partial charge in [-0.25, -0.2) is 8.42 Å². The van der Waals surface area contributed by atoms with Gasteiger partial charge < -0.3 is 10.6 Å². The molecule has 0 aromatic heterocycles. The molecule has 2 saturated heterocycles. The Kier molecular flexibility index (Phi) is 4.32. The maximum atomic E-state index is 13.1. The van der Waals surface area contributed by atoms with E-state index in [9.17, 15) is 8.42 Å². The van der Waals surface area contributed by atoms with Crippen LogP contribution in [0.15, 0.2) is 23.1 Å². The van der Waals surface area contributed by atoms with Crippen LogP contribution in [-0.2, 0) is 10.0 Å². The Morgan fingerprint density at radius 1 is 1.09 bits per heavy atom. The summed E-state index contributed by atoms with van der Waals surface area (Å²) in [6.07, 6.45) is 4.09. The number of benzene rings is 1. The Bertz CT molecular complexity index is 631. The van der Waals surface area contributed by atoms with Gasteiger partial charge in [-0.05, 0) is 49.8 Å². The first-order chi connectivity index (χ1) is 10.5. The second-order valence-corrected chi connectivity index (χ2v) is 8.41. The van der Waals surface area contributed by atoms with Crippen molar-refractivity contribution in [3.63, 3.8) is 0 Å². The van der Waals surface area contributed by atoms with E-state index in [-0.39, 0.29) is 0 Å². The van der Waals surface area contributed by atoms with Crippen LogP contribution < -0.4 is 10.6 Å². The summed E-state index contributed by atoms with van der Waals surface area (Å²) in [5.74, 6) is 0.602. The molecule has 0 bridgehead atoms. The molecule has 22 heavy (non-hydrogen) atoms. The molecular formula is C16H25N3O2S. The van der Waals surface area contributed by atoms with Crippen molar-refractivity contribution < 1.29 is 8.42 Å². The van der Waals surface area contributed by atoms with Crippen molar-refractivity contribution in [3.05, 3.63) is 18.2 Å². The third-order valence-electron chi connectivity index (χ3n) is 4.79. The standard InChI is InChI=1S/C16H25N3O2S/c1-13-6-10-19(11-7-13)22(20,21)16-12-14(17)4-5-15(16)18-8-2-3-9-18/h4-5,12-13H,2-3,6-11,17H2,1H3. The third-order valence-corrected chi connectivity index (χ3v) is 6.72. The van der Waals surface area contributed by atoms with Crippen LogP contribution in [0.2, 0.25) is 0 Å². The molecule has 0 unspecified atom stereocenters. The first-order valence-corrected chi connectivity index (χ1v) is 9.57. The Balaban J connectivity index is 1.96. The van der Waals surface area contributed by atoms with Crippen molar-refractivity contribution in [2.75, 3.05) is 36.8 Å². The van der Waals surface area contributed by atoms with Gasteiger partial charge in [0.25, 0.3) is 0 Å². The van der Waals surface area contributed by atoms with E-state index in [2.05, 4.69) is 11.8 Å². The van der Waals surface area contributed by atoms with Gasteiger partial charge in [-0.2, -0.15) is 4.31 Å². The van der Waals surface area contributed by atoms with Gasteiger partial charge in [-0.1, -0.05) is 6.92 Å². The predicted octanol–water partition coefficient (Wildman–Crippen LogP) is 2.29. The fraction of sp³-hybridized carbons (Fsp3) is 0.625. The zero-order valence-electron chi connectivity index (χ0n) is 13.2. The number of nitrogens with zero attached hydrogens (tertiary/aromatic N) is 2. The molecule has 2 aliphatic heterocycles. The number of nitrogen functional groups attached to an aromatic ring is 1. The van der Waals surface area contributed by atoms with Gasteiger partial charge in [0, 0.05) is 31.9 Å². The predicted molar refractivity (Wildman–Crippen MR) is 89.5 cm³/mol. The highest BCUT2D eigenvalue weighted by Gasteiger charge is 2.31. The Labute approximate surface area is 133 Å². The SMILES string of the molecule is CC1CCN(S(=O)(=O)c2cc(N)ccc2N2CCCC2)CC1. The average molecular weight is 323 g/mol. The van der Waals surface area contributed by atoms with Gasteiger partial charge in [0.1, 0.15) is 4.90 Å². The Morgan fingerprint density at radius 3 is 2.36 bits per heavy atom. The molecule has 0 amide bonds. The van der Waals surface area contributed by atoms with Crippen LogP contribution in [0.4, 0.5) is 11.4 Å². The molecule has 0 radical (unpaired) electrons. The minimum atomic E-state index is -3.46. The zero-order valence-corrected chi connectivity index (χ0v) is 14.0. The Hall–Kier alpha value is -1.27. The number of hydrogen-bond acceptors (Lipinski definition) is 4. The van der Waals surface area contributed by atoms with Crippen molar-refractivity contribution in [2.45, 2.75) is 37.5 Å². The van der Waals surface area contributed by atoms with Crippen LogP contribution in [0.1, 0.15) is 32.6 Å². The molecule has 6 heteroatoms. The minimum absolute atomic E-state index is 0.379. The number of anilines is 2. The minimum Gasteiger partial charge on any atom is -0.399 e. The van der Waals surface area contributed by atoms with Crippen LogP contribution >= 0.6 is 0 Å². The summed E-state index contributed by atoms with van der Waals surface area (Å²) in [6, 6.07) is 5.28. The number of piperidine rings is 1. The molecule has 2 heterocycles. The van der Waals surface area contributed by atoms with Crippen LogP contribution in [0.5, 0.6) is 0 Å². The van der Waals surface area contributed by atoms with Crippen LogP contribution in [0.3, 0.4) is 0 Å². The fourth-order valence-corrected chi connectivity index (χ4v) is 5.04. The molecule has 0 saturated carbocycles. The van der Waals surface area contributed by atoms with Crippen molar-refractivity contribution >= 4 is 21.4 Å². The number of rotatable bonds is 3. The van der Waals surface area contributed by atoms with E-state index in [1.165, 1.54) is 0 Å². The Morgan fingerprint density at radius 2 is 1.73 bits per heavy atom. The molecule has 0 aliphatic carbocycles. The van der Waals surface area contributed by atoms with Gasteiger partial charge in [0.15, 0.2) is 0 Å². The number of sulfonamides is 1. The van der Waals surface area contributed by atoms with Crippen molar-refractivity contribution in [3.8, 4) is 0 Å². The lowest BCUT2D eigenvalue weighted by atomic mass is 10.0. The maximum Gasteiger partial charge on any atom is 0.245 e. The summed E-state index contributed by atoms with van der Waals surface area (Å²) in [4.78, 5) is 2.54.